The second-order valence-electron chi connectivity index (χ2n) is 5.53. The van der Waals surface area contributed by atoms with Crippen molar-refractivity contribution in [3.63, 3.8) is 0 Å². The number of phenolic OH excluding ortho intramolecular Hbond substituents is 1. The lowest BCUT2D eigenvalue weighted by molar-refractivity contribution is 0.0446. The molecule has 2 aliphatic rings. The Morgan fingerprint density at radius 1 is 1.28 bits per heavy atom. The van der Waals surface area contributed by atoms with Gasteiger partial charge in [-0.25, -0.2) is 0 Å². The number of phenols is 1. The molecular formula is C15H21NO2. The molecule has 3 rings (SSSR count). The first-order valence-electron chi connectivity index (χ1n) is 6.93. The van der Waals surface area contributed by atoms with Gasteiger partial charge in [-0.2, -0.15) is 0 Å². The van der Waals surface area contributed by atoms with Crippen LogP contribution in [-0.2, 0) is 6.42 Å². The van der Waals surface area contributed by atoms with Crippen LogP contribution < -0.4 is 4.74 Å². The van der Waals surface area contributed by atoms with E-state index < -0.39 is 0 Å². The van der Waals surface area contributed by atoms with Crippen LogP contribution in [0.15, 0.2) is 18.2 Å². The van der Waals surface area contributed by atoms with Gasteiger partial charge in [-0.15, -0.1) is 0 Å². The van der Waals surface area contributed by atoms with Crippen molar-refractivity contribution in [3.8, 4) is 11.5 Å². The minimum Gasteiger partial charge on any atom is -0.508 e. The van der Waals surface area contributed by atoms with Gasteiger partial charge >= 0.3 is 0 Å². The summed E-state index contributed by atoms with van der Waals surface area (Å²) in [6, 6.07) is 6.01. The standard InChI is InChI=1S/C15H21NO2/c1-16-9-3-2-4-13(16)14-8-6-11-5-7-12(17)10-15(11)18-14/h5,7,10,13-14,17H,2-4,6,8-9H2,1H3/t13-,14+/m1/s1. The number of hydrogen-bond donors (Lipinski definition) is 1. The SMILES string of the molecule is CN1CCCC[C@@H]1[C@@H]1CCc2ccc(O)cc2O1. The van der Waals surface area contributed by atoms with Gasteiger partial charge in [-0.05, 0) is 50.9 Å². The summed E-state index contributed by atoms with van der Waals surface area (Å²) in [5.74, 6) is 1.18. The maximum absolute atomic E-state index is 9.55. The zero-order valence-electron chi connectivity index (χ0n) is 10.9. The van der Waals surface area contributed by atoms with Crippen molar-refractivity contribution >= 4 is 0 Å². The van der Waals surface area contributed by atoms with E-state index in [-0.39, 0.29) is 6.10 Å². The Morgan fingerprint density at radius 2 is 2.17 bits per heavy atom. The second-order valence-corrected chi connectivity index (χ2v) is 5.53. The molecule has 98 valence electrons. The lowest BCUT2D eigenvalue weighted by Crippen LogP contribution is -2.48. The van der Waals surface area contributed by atoms with Crippen molar-refractivity contribution in [2.45, 2.75) is 44.2 Å². The molecule has 1 saturated heterocycles. The highest BCUT2D eigenvalue weighted by Crippen LogP contribution is 2.34. The molecule has 1 fully saturated rings. The zero-order chi connectivity index (χ0) is 12.5. The molecule has 18 heavy (non-hydrogen) atoms. The van der Waals surface area contributed by atoms with Gasteiger partial charge in [0.2, 0.25) is 0 Å². The van der Waals surface area contributed by atoms with Gasteiger partial charge in [0.05, 0.1) is 0 Å². The van der Waals surface area contributed by atoms with Crippen LogP contribution in [-0.4, -0.2) is 35.7 Å². The second kappa shape index (κ2) is 4.81. The topological polar surface area (TPSA) is 32.7 Å². The first-order chi connectivity index (χ1) is 8.74. The number of likely N-dealkylation sites (N-methyl/N-ethyl adjacent to an activating group) is 1. The Hall–Kier alpha value is -1.22. The Bertz CT molecular complexity index is 433. The summed E-state index contributed by atoms with van der Waals surface area (Å²) in [5.41, 5.74) is 1.22. The summed E-state index contributed by atoms with van der Waals surface area (Å²) >= 11 is 0. The van der Waals surface area contributed by atoms with Gasteiger partial charge in [0.15, 0.2) is 0 Å². The summed E-state index contributed by atoms with van der Waals surface area (Å²) in [7, 11) is 2.20. The van der Waals surface area contributed by atoms with Gasteiger partial charge in [0, 0.05) is 12.1 Å². The highest BCUT2D eigenvalue weighted by Gasteiger charge is 2.31. The van der Waals surface area contributed by atoms with E-state index in [2.05, 4.69) is 11.9 Å². The Morgan fingerprint density at radius 3 is 3.00 bits per heavy atom. The molecule has 0 radical (unpaired) electrons. The molecule has 1 N–H and O–H groups in total. The first kappa shape index (κ1) is 11.8. The number of aromatic hydroxyl groups is 1. The van der Waals surface area contributed by atoms with E-state index in [1.165, 1.54) is 31.4 Å². The van der Waals surface area contributed by atoms with E-state index >= 15 is 0 Å². The largest absolute Gasteiger partial charge is 0.508 e. The number of nitrogens with zero attached hydrogens (tertiary/aromatic N) is 1. The average Bonchev–Trinajstić information content (AvgIpc) is 2.38. The molecule has 0 unspecified atom stereocenters. The fourth-order valence-electron chi connectivity index (χ4n) is 3.22. The number of hydrogen-bond acceptors (Lipinski definition) is 3. The van der Waals surface area contributed by atoms with Crippen LogP contribution in [0.4, 0.5) is 0 Å². The summed E-state index contributed by atoms with van der Waals surface area (Å²) in [5, 5.41) is 9.55. The van der Waals surface area contributed by atoms with E-state index in [0.29, 0.717) is 11.8 Å². The maximum atomic E-state index is 9.55. The van der Waals surface area contributed by atoms with Crippen LogP contribution in [0.3, 0.4) is 0 Å². The highest BCUT2D eigenvalue weighted by molar-refractivity contribution is 5.41. The summed E-state index contributed by atoms with van der Waals surface area (Å²) in [4.78, 5) is 2.43. The van der Waals surface area contributed by atoms with Crippen LogP contribution in [0.1, 0.15) is 31.2 Å². The molecule has 0 bridgehead atoms. The Labute approximate surface area is 108 Å². The average molecular weight is 247 g/mol. The van der Waals surface area contributed by atoms with Gasteiger partial charge in [0.25, 0.3) is 0 Å². The third kappa shape index (κ3) is 2.19. The molecule has 2 aliphatic heterocycles. The molecule has 0 saturated carbocycles. The number of fused-ring (bicyclic) bond motifs is 1. The van der Waals surface area contributed by atoms with E-state index in [1.807, 2.05) is 6.07 Å². The normalized spacial score (nSPS) is 28.5. The van der Waals surface area contributed by atoms with Crippen molar-refractivity contribution < 1.29 is 9.84 Å². The number of ether oxygens (including phenoxy) is 1. The Kier molecular flexibility index (Phi) is 3.16. The van der Waals surface area contributed by atoms with Gasteiger partial charge < -0.3 is 9.84 Å². The van der Waals surface area contributed by atoms with Gasteiger partial charge in [0.1, 0.15) is 17.6 Å². The van der Waals surface area contributed by atoms with Crippen molar-refractivity contribution in [3.05, 3.63) is 23.8 Å². The zero-order valence-corrected chi connectivity index (χ0v) is 10.9. The molecule has 1 aromatic rings. The smallest absolute Gasteiger partial charge is 0.126 e. The molecule has 3 nitrogen and oxygen atoms in total. The molecule has 3 heteroatoms. The summed E-state index contributed by atoms with van der Waals surface area (Å²) in [6.07, 6.45) is 6.27. The van der Waals surface area contributed by atoms with Crippen molar-refractivity contribution in [2.24, 2.45) is 0 Å². The third-order valence-electron chi connectivity index (χ3n) is 4.28. The van der Waals surface area contributed by atoms with E-state index in [1.54, 1.807) is 12.1 Å². The number of likely N-dealkylation sites (tertiary alicyclic amines) is 1. The molecule has 0 spiro atoms. The molecule has 1 aromatic carbocycles. The molecule has 2 atom stereocenters. The quantitative estimate of drug-likeness (QED) is 0.828. The lowest BCUT2D eigenvalue weighted by Gasteiger charge is -2.40. The number of aryl methyl sites for hydroxylation is 1. The first-order valence-corrected chi connectivity index (χ1v) is 6.93. The summed E-state index contributed by atoms with van der Waals surface area (Å²) < 4.78 is 6.12. The molecule has 0 aromatic heterocycles. The maximum Gasteiger partial charge on any atom is 0.126 e. The number of rotatable bonds is 1. The van der Waals surface area contributed by atoms with Crippen LogP contribution in [0, 0.1) is 0 Å². The van der Waals surface area contributed by atoms with Crippen LogP contribution in [0.25, 0.3) is 0 Å². The minimum atomic E-state index is 0.282. The number of benzene rings is 1. The highest BCUT2D eigenvalue weighted by atomic mass is 16.5. The lowest BCUT2D eigenvalue weighted by atomic mass is 9.92. The molecule has 2 heterocycles. The molecule has 0 amide bonds. The third-order valence-corrected chi connectivity index (χ3v) is 4.28. The number of piperidine rings is 1. The van der Waals surface area contributed by atoms with E-state index in [4.69, 9.17) is 4.74 Å². The predicted octanol–water partition coefficient (Wildman–Crippen LogP) is 2.57. The fourth-order valence-corrected chi connectivity index (χ4v) is 3.22. The van der Waals surface area contributed by atoms with Gasteiger partial charge in [-0.1, -0.05) is 12.5 Å². The molecule has 0 aliphatic carbocycles. The summed E-state index contributed by atoms with van der Waals surface area (Å²) in [6.45, 7) is 1.18. The van der Waals surface area contributed by atoms with Crippen LogP contribution >= 0.6 is 0 Å². The fraction of sp³-hybridized carbons (Fsp3) is 0.600. The monoisotopic (exact) mass is 247 g/mol. The van der Waals surface area contributed by atoms with Crippen LogP contribution in [0.5, 0.6) is 11.5 Å². The van der Waals surface area contributed by atoms with E-state index in [9.17, 15) is 5.11 Å². The van der Waals surface area contributed by atoms with E-state index in [0.717, 1.165) is 18.6 Å². The van der Waals surface area contributed by atoms with Crippen molar-refractivity contribution in [1.82, 2.24) is 4.90 Å². The predicted molar refractivity (Wildman–Crippen MR) is 71.1 cm³/mol. The van der Waals surface area contributed by atoms with Crippen molar-refractivity contribution in [2.75, 3.05) is 13.6 Å². The Balaban J connectivity index is 1.77. The van der Waals surface area contributed by atoms with Crippen molar-refractivity contribution in [1.29, 1.82) is 0 Å². The molecular weight excluding hydrogens is 226 g/mol. The minimum absolute atomic E-state index is 0.282. The van der Waals surface area contributed by atoms with Crippen LogP contribution in [0.2, 0.25) is 0 Å². The van der Waals surface area contributed by atoms with Gasteiger partial charge in [-0.3, -0.25) is 4.90 Å².